The molecule has 120 valence electrons. The zero-order chi connectivity index (χ0) is 16.4. The van der Waals surface area contributed by atoms with Gasteiger partial charge in [-0.2, -0.15) is 0 Å². The second-order valence-electron chi connectivity index (χ2n) is 6.30. The maximum absolute atomic E-state index is 12.8. The lowest BCUT2D eigenvalue weighted by Gasteiger charge is -2.35. The second kappa shape index (κ2) is 6.41. The highest BCUT2D eigenvalue weighted by Crippen LogP contribution is 2.20. The van der Waals surface area contributed by atoms with Crippen molar-refractivity contribution in [1.29, 1.82) is 0 Å². The Morgan fingerprint density at radius 2 is 1.48 bits per heavy atom. The van der Waals surface area contributed by atoms with Gasteiger partial charge in [-0.05, 0) is 16.8 Å². The van der Waals surface area contributed by atoms with E-state index in [-0.39, 0.29) is 17.7 Å². The molecule has 0 aliphatic carbocycles. The molecule has 0 saturated carbocycles. The van der Waals surface area contributed by atoms with Crippen LogP contribution in [-0.2, 0) is 4.79 Å². The van der Waals surface area contributed by atoms with Crippen LogP contribution in [0.2, 0.25) is 0 Å². The van der Waals surface area contributed by atoms with Crippen molar-refractivity contribution >= 4 is 22.6 Å². The van der Waals surface area contributed by atoms with Gasteiger partial charge in [-0.15, -0.1) is 0 Å². The van der Waals surface area contributed by atoms with Crippen molar-refractivity contribution < 1.29 is 9.59 Å². The van der Waals surface area contributed by atoms with Crippen LogP contribution in [0.25, 0.3) is 10.8 Å². The smallest absolute Gasteiger partial charge is 0.254 e. The van der Waals surface area contributed by atoms with Gasteiger partial charge in [-0.3, -0.25) is 9.59 Å². The number of piperazine rings is 1. The minimum Gasteiger partial charge on any atom is -0.339 e. The van der Waals surface area contributed by atoms with Crippen molar-refractivity contribution in [3.63, 3.8) is 0 Å². The first-order valence-electron chi connectivity index (χ1n) is 8.14. The first-order chi connectivity index (χ1) is 11.1. The van der Waals surface area contributed by atoms with Crippen molar-refractivity contribution in [2.45, 2.75) is 13.8 Å². The molecule has 23 heavy (non-hydrogen) atoms. The zero-order valence-electron chi connectivity index (χ0n) is 13.7. The van der Waals surface area contributed by atoms with Crippen LogP contribution < -0.4 is 0 Å². The number of rotatable bonds is 2. The molecule has 2 aromatic carbocycles. The predicted molar refractivity (Wildman–Crippen MR) is 91.3 cm³/mol. The van der Waals surface area contributed by atoms with Gasteiger partial charge < -0.3 is 9.80 Å². The average Bonchev–Trinajstić information content (AvgIpc) is 2.60. The summed E-state index contributed by atoms with van der Waals surface area (Å²) in [5.41, 5.74) is 0.742. The summed E-state index contributed by atoms with van der Waals surface area (Å²) in [6, 6.07) is 13.8. The molecule has 0 spiro atoms. The van der Waals surface area contributed by atoms with Gasteiger partial charge >= 0.3 is 0 Å². The van der Waals surface area contributed by atoms with E-state index in [4.69, 9.17) is 0 Å². The number of amides is 2. The third kappa shape index (κ3) is 3.07. The van der Waals surface area contributed by atoms with Crippen molar-refractivity contribution in [3.8, 4) is 0 Å². The number of hydrogen-bond donors (Lipinski definition) is 0. The minimum absolute atomic E-state index is 0.00955. The first kappa shape index (κ1) is 15.5. The average molecular weight is 310 g/mol. The number of fused-ring (bicyclic) bond motifs is 1. The van der Waals surface area contributed by atoms with Crippen LogP contribution >= 0.6 is 0 Å². The molecular weight excluding hydrogens is 288 g/mol. The second-order valence-corrected chi connectivity index (χ2v) is 6.30. The Balaban J connectivity index is 1.76. The molecule has 0 bridgehead atoms. The van der Waals surface area contributed by atoms with Crippen LogP contribution in [0.1, 0.15) is 24.2 Å². The molecule has 2 amide bonds. The fourth-order valence-electron chi connectivity index (χ4n) is 3.08. The number of benzene rings is 2. The van der Waals surface area contributed by atoms with Crippen molar-refractivity contribution in [2.24, 2.45) is 5.92 Å². The molecule has 0 radical (unpaired) electrons. The Morgan fingerprint density at radius 1 is 0.870 bits per heavy atom. The van der Waals surface area contributed by atoms with E-state index in [1.54, 1.807) is 0 Å². The highest BCUT2D eigenvalue weighted by atomic mass is 16.2. The molecule has 1 fully saturated rings. The van der Waals surface area contributed by atoms with Crippen molar-refractivity contribution in [3.05, 3.63) is 48.0 Å². The van der Waals surface area contributed by atoms with Crippen LogP contribution in [0, 0.1) is 5.92 Å². The Kier molecular flexibility index (Phi) is 4.33. The topological polar surface area (TPSA) is 40.6 Å². The fraction of sp³-hybridized carbons (Fsp3) is 0.368. The molecule has 4 nitrogen and oxygen atoms in total. The van der Waals surface area contributed by atoms with Crippen LogP contribution in [0.15, 0.2) is 42.5 Å². The van der Waals surface area contributed by atoms with Gasteiger partial charge in [-0.25, -0.2) is 0 Å². The van der Waals surface area contributed by atoms with Gasteiger partial charge in [0.25, 0.3) is 5.91 Å². The maximum Gasteiger partial charge on any atom is 0.254 e. The fourth-order valence-corrected chi connectivity index (χ4v) is 3.08. The zero-order valence-corrected chi connectivity index (χ0v) is 13.7. The van der Waals surface area contributed by atoms with Gasteiger partial charge in [0.2, 0.25) is 5.91 Å². The highest BCUT2D eigenvalue weighted by Gasteiger charge is 2.26. The SMILES string of the molecule is CC(C)C(=O)N1CCN(C(=O)c2cccc3ccccc23)CC1. The Labute approximate surface area is 136 Å². The summed E-state index contributed by atoms with van der Waals surface area (Å²) >= 11 is 0. The predicted octanol–water partition coefficient (Wildman–Crippen LogP) is 2.78. The molecule has 1 aliphatic heterocycles. The van der Waals surface area contributed by atoms with E-state index in [1.165, 1.54) is 0 Å². The Hall–Kier alpha value is -2.36. The third-order valence-corrected chi connectivity index (χ3v) is 4.39. The van der Waals surface area contributed by atoms with Crippen molar-refractivity contribution in [1.82, 2.24) is 9.80 Å². The maximum atomic E-state index is 12.8. The summed E-state index contributed by atoms with van der Waals surface area (Å²) < 4.78 is 0. The van der Waals surface area contributed by atoms with Gasteiger partial charge in [0.1, 0.15) is 0 Å². The van der Waals surface area contributed by atoms with E-state index < -0.39 is 0 Å². The lowest BCUT2D eigenvalue weighted by atomic mass is 10.0. The number of hydrogen-bond acceptors (Lipinski definition) is 2. The number of carbonyl (C=O) groups is 2. The molecule has 1 aliphatic rings. The molecule has 0 atom stereocenters. The van der Waals surface area contributed by atoms with Gasteiger partial charge in [0, 0.05) is 37.7 Å². The van der Waals surface area contributed by atoms with E-state index in [0.717, 1.165) is 16.3 Å². The molecule has 0 N–H and O–H groups in total. The molecule has 1 heterocycles. The monoisotopic (exact) mass is 310 g/mol. The van der Waals surface area contributed by atoms with Crippen molar-refractivity contribution in [2.75, 3.05) is 26.2 Å². The quantitative estimate of drug-likeness (QED) is 0.856. The summed E-state index contributed by atoms with van der Waals surface area (Å²) in [6.45, 7) is 6.26. The molecule has 0 aromatic heterocycles. The lowest BCUT2D eigenvalue weighted by molar-refractivity contribution is -0.135. The Bertz CT molecular complexity index is 726. The molecule has 2 aromatic rings. The summed E-state index contributed by atoms with van der Waals surface area (Å²) in [6.07, 6.45) is 0. The third-order valence-electron chi connectivity index (χ3n) is 4.39. The van der Waals surface area contributed by atoms with Crippen LogP contribution in [0.4, 0.5) is 0 Å². The largest absolute Gasteiger partial charge is 0.339 e. The van der Waals surface area contributed by atoms with Gasteiger partial charge in [-0.1, -0.05) is 50.2 Å². The van der Waals surface area contributed by atoms with Gasteiger partial charge in [0.15, 0.2) is 0 Å². The van der Waals surface area contributed by atoms with E-state index >= 15 is 0 Å². The molecule has 0 unspecified atom stereocenters. The summed E-state index contributed by atoms with van der Waals surface area (Å²) in [7, 11) is 0. The Morgan fingerprint density at radius 3 is 2.17 bits per heavy atom. The standard InChI is InChI=1S/C19H22N2O2/c1-14(2)18(22)20-10-12-21(13-11-20)19(23)17-9-5-7-15-6-3-4-8-16(15)17/h3-9,14H,10-13H2,1-2H3. The molecular formula is C19H22N2O2. The normalized spacial score (nSPS) is 15.3. The first-order valence-corrected chi connectivity index (χ1v) is 8.14. The summed E-state index contributed by atoms with van der Waals surface area (Å²) in [5.74, 6) is 0.232. The summed E-state index contributed by atoms with van der Waals surface area (Å²) in [4.78, 5) is 28.6. The summed E-state index contributed by atoms with van der Waals surface area (Å²) in [5, 5.41) is 2.06. The minimum atomic E-state index is 0.00955. The number of carbonyl (C=O) groups excluding carboxylic acids is 2. The van der Waals surface area contributed by atoms with Crippen LogP contribution in [0.5, 0.6) is 0 Å². The van der Waals surface area contributed by atoms with Crippen LogP contribution in [0.3, 0.4) is 0 Å². The lowest BCUT2D eigenvalue weighted by Crippen LogP contribution is -2.51. The van der Waals surface area contributed by atoms with E-state index in [2.05, 4.69) is 0 Å². The van der Waals surface area contributed by atoms with E-state index in [1.807, 2.05) is 66.1 Å². The highest BCUT2D eigenvalue weighted by molar-refractivity contribution is 6.07. The van der Waals surface area contributed by atoms with E-state index in [9.17, 15) is 9.59 Å². The van der Waals surface area contributed by atoms with Gasteiger partial charge in [0.05, 0.1) is 0 Å². The van der Waals surface area contributed by atoms with E-state index in [0.29, 0.717) is 26.2 Å². The van der Waals surface area contributed by atoms with Crippen LogP contribution in [-0.4, -0.2) is 47.8 Å². The molecule has 3 rings (SSSR count). The number of nitrogens with zero attached hydrogens (tertiary/aromatic N) is 2. The molecule has 4 heteroatoms. The molecule has 1 saturated heterocycles.